The van der Waals surface area contributed by atoms with Gasteiger partial charge in [0, 0.05) is 7.05 Å². The Hall–Kier alpha value is -2.08. The lowest BCUT2D eigenvalue weighted by Crippen LogP contribution is -2.45. The van der Waals surface area contributed by atoms with E-state index >= 15 is 0 Å². The molecule has 0 saturated carbocycles. The minimum atomic E-state index is -1.06. The summed E-state index contributed by atoms with van der Waals surface area (Å²) in [5.74, 6) is -0.693. The number of carbonyl (C=O) groups is 2. The molecule has 19 heavy (non-hydrogen) atoms. The summed E-state index contributed by atoms with van der Waals surface area (Å²) in [6.45, 7) is -0.424. The number of aliphatic hydroxyl groups excluding tert-OH is 1. The van der Waals surface area contributed by atoms with Crippen LogP contribution in [0.4, 0.5) is 4.79 Å². The van der Waals surface area contributed by atoms with Gasteiger partial charge in [-0.25, -0.2) is 9.59 Å². The van der Waals surface area contributed by atoms with E-state index in [1.165, 1.54) is 14.2 Å². The maximum Gasteiger partial charge on any atom is 0.410 e. The fourth-order valence-electron chi connectivity index (χ4n) is 1.44. The van der Waals surface area contributed by atoms with Gasteiger partial charge in [0.25, 0.3) is 0 Å². The van der Waals surface area contributed by atoms with Crippen LogP contribution < -0.4 is 0 Å². The molecule has 0 aliphatic heterocycles. The van der Waals surface area contributed by atoms with Gasteiger partial charge in [0.2, 0.25) is 0 Å². The van der Waals surface area contributed by atoms with Crippen molar-refractivity contribution >= 4 is 12.1 Å². The molecule has 1 N–H and O–H groups in total. The molecule has 0 spiro atoms. The second kappa shape index (κ2) is 7.38. The Morgan fingerprint density at radius 3 is 2.47 bits per heavy atom. The number of nitrogens with zero attached hydrogens (tertiary/aromatic N) is 1. The summed E-state index contributed by atoms with van der Waals surface area (Å²) >= 11 is 0. The van der Waals surface area contributed by atoms with Crippen molar-refractivity contribution in [1.82, 2.24) is 4.90 Å². The van der Waals surface area contributed by atoms with Crippen LogP contribution in [0.1, 0.15) is 5.56 Å². The molecule has 0 fully saturated rings. The molecule has 1 amide bonds. The summed E-state index contributed by atoms with van der Waals surface area (Å²) in [6, 6.07) is 8.09. The second-order valence-corrected chi connectivity index (χ2v) is 3.87. The topological polar surface area (TPSA) is 76.1 Å². The maximum atomic E-state index is 11.7. The lowest BCUT2D eigenvalue weighted by Gasteiger charge is -2.23. The number of carbonyl (C=O) groups excluding carboxylic acids is 2. The van der Waals surface area contributed by atoms with Crippen LogP contribution in [0.3, 0.4) is 0 Å². The highest BCUT2D eigenvalue weighted by Crippen LogP contribution is 2.05. The van der Waals surface area contributed by atoms with Gasteiger partial charge in [-0.3, -0.25) is 4.90 Å². The minimum Gasteiger partial charge on any atom is -0.467 e. The lowest BCUT2D eigenvalue weighted by molar-refractivity contribution is -0.147. The predicted octanol–water partition coefficient (Wildman–Crippen LogP) is 0.789. The molecule has 1 aromatic carbocycles. The average molecular weight is 267 g/mol. The molecule has 0 bridgehead atoms. The molecule has 0 radical (unpaired) electrons. The summed E-state index contributed by atoms with van der Waals surface area (Å²) in [5, 5.41) is 9.08. The zero-order chi connectivity index (χ0) is 14.3. The zero-order valence-corrected chi connectivity index (χ0v) is 10.9. The third kappa shape index (κ3) is 4.26. The quantitative estimate of drug-likeness (QED) is 0.798. The van der Waals surface area contributed by atoms with E-state index in [-0.39, 0.29) is 6.61 Å². The zero-order valence-electron chi connectivity index (χ0n) is 10.9. The summed E-state index contributed by atoms with van der Waals surface area (Å²) < 4.78 is 9.52. The number of hydrogen-bond donors (Lipinski definition) is 1. The molecule has 104 valence electrons. The van der Waals surface area contributed by atoms with Crippen LogP contribution in [-0.2, 0) is 20.9 Å². The van der Waals surface area contributed by atoms with Crippen LogP contribution in [0, 0.1) is 0 Å². The summed E-state index contributed by atoms with van der Waals surface area (Å²) in [4.78, 5) is 24.1. The highest BCUT2D eigenvalue weighted by molar-refractivity contribution is 5.81. The molecule has 0 unspecified atom stereocenters. The fraction of sp³-hybridized carbons (Fsp3) is 0.385. The molecular formula is C13H17NO5. The number of hydrogen-bond acceptors (Lipinski definition) is 5. The fourth-order valence-corrected chi connectivity index (χ4v) is 1.44. The third-order valence-corrected chi connectivity index (χ3v) is 2.61. The molecule has 1 aromatic rings. The third-order valence-electron chi connectivity index (χ3n) is 2.61. The van der Waals surface area contributed by atoms with Crippen molar-refractivity contribution in [3.8, 4) is 0 Å². The van der Waals surface area contributed by atoms with Gasteiger partial charge in [-0.2, -0.15) is 0 Å². The first-order chi connectivity index (χ1) is 9.10. The van der Waals surface area contributed by atoms with E-state index in [0.29, 0.717) is 0 Å². The first-order valence-electron chi connectivity index (χ1n) is 5.72. The van der Waals surface area contributed by atoms with Gasteiger partial charge in [0.05, 0.1) is 13.7 Å². The smallest absolute Gasteiger partial charge is 0.410 e. The Bertz CT molecular complexity index is 420. The van der Waals surface area contributed by atoms with E-state index in [0.717, 1.165) is 10.5 Å². The summed E-state index contributed by atoms with van der Waals surface area (Å²) in [5.41, 5.74) is 0.836. The molecule has 0 aliphatic carbocycles. The van der Waals surface area contributed by atoms with Gasteiger partial charge >= 0.3 is 12.1 Å². The summed E-state index contributed by atoms with van der Waals surface area (Å²) in [7, 11) is 2.55. The van der Waals surface area contributed by atoms with Crippen LogP contribution in [0.15, 0.2) is 30.3 Å². The molecule has 0 heterocycles. The molecule has 0 aliphatic rings. The first-order valence-corrected chi connectivity index (χ1v) is 5.72. The van der Waals surface area contributed by atoms with E-state index < -0.39 is 24.7 Å². The van der Waals surface area contributed by atoms with Crippen LogP contribution in [0.25, 0.3) is 0 Å². The normalized spacial score (nSPS) is 11.5. The molecule has 0 aromatic heterocycles. The van der Waals surface area contributed by atoms with E-state index in [4.69, 9.17) is 9.84 Å². The number of amides is 1. The number of esters is 1. The second-order valence-electron chi connectivity index (χ2n) is 3.87. The van der Waals surface area contributed by atoms with Crippen LogP contribution >= 0.6 is 0 Å². The molecule has 1 rings (SSSR count). The summed E-state index contributed by atoms with van der Waals surface area (Å²) in [6.07, 6.45) is -0.701. The van der Waals surface area contributed by atoms with E-state index in [2.05, 4.69) is 4.74 Å². The number of aliphatic hydroxyl groups is 1. The number of benzene rings is 1. The maximum absolute atomic E-state index is 11.7. The Morgan fingerprint density at radius 2 is 1.95 bits per heavy atom. The monoisotopic (exact) mass is 267 g/mol. The van der Waals surface area contributed by atoms with Crippen molar-refractivity contribution in [3.05, 3.63) is 35.9 Å². The van der Waals surface area contributed by atoms with Gasteiger partial charge < -0.3 is 14.6 Å². The van der Waals surface area contributed by atoms with Crippen molar-refractivity contribution in [1.29, 1.82) is 0 Å². The standard InChI is InChI=1S/C13H17NO5/c1-14(11(8-15)12(16)18-2)13(17)19-9-10-6-4-3-5-7-10/h3-7,11,15H,8-9H2,1-2H3/t11-/m1/s1. The van der Waals surface area contributed by atoms with Gasteiger partial charge in [-0.1, -0.05) is 30.3 Å². The Kier molecular flexibility index (Phi) is 5.81. The SMILES string of the molecule is COC(=O)[C@@H](CO)N(C)C(=O)OCc1ccccc1. The number of ether oxygens (including phenoxy) is 2. The van der Waals surface area contributed by atoms with E-state index in [9.17, 15) is 9.59 Å². The number of methoxy groups -OCH3 is 1. The van der Waals surface area contributed by atoms with Crippen molar-refractivity contribution < 1.29 is 24.2 Å². The lowest BCUT2D eigenvalue weighted by atomic mass is 10.2. The molecule has 6 heteroatoms. The van der Waals surface area contributed by atoms with E-state index in [1.807, 2.05) is 30.3 Å². The number of rotatable bonds is 5. The minimum absolute atomic E-state index is 0.101. The van der Waals surface area contributed by atoms with Crippen molar-refractivity contribution in [3.63, 3.8) is 0 Å². The van der Waals surface area contributed by atoms with Crippen molar-refractivity contribution in [2.45, 2.75) is 12.6 Å². The molecule has 1 atom stereocenters. The predicted molar refractivity (Wildman–Crippen MR) is 67.3 cm³/mol. The van der Waals surface area contributed by atoms with Gasteiger partial charge in [0.15, 0.2) is 6.04 Å². The Balaban J connectivity index is 2.54. The molecule has 0 saturated heterocycles. The molecular weight excluding hydrogens is 250 g/mol. The van der Waals surface area contributed by atoms with Crippen LogP contribution in [-0.4, -0.2) is 48.9 Å². The van der Waals surface area contributed by atoms with Gasteiger partial charge in [0.1, 0.15) is 6.61 Å². The van der Waals surface area contributed by atoms with Crippen molar-refractivity contribution in [2.24, 2.45) is 0 Å². The van der Waals surface area contributed by atoms with Gasteiger partial charge in [-0.15, -0.1) is 0 Å². The average Bonchev–Trinajstić information content (AvgIpc) is 2.46. The van der Waals surface area contributed by atoms with Crippen LogP contribution in [0.5, 0.6) is 0 Å². The highest BCUT2D eigenvalue weighted by atomic mass is 16.6. The van der Waals surface area contributed by atoms with Crippen molar-refractivity contribution in [2.75, 3.05) is 20.8 Å². The molecule has 6 nitrogen and oxygen atoms in total. The van der Waals surface area contributed by atoms with Crippen LogP contribution in [0.2, 0.25) is 0 Å². The highest BCUT2D eigenvalue weighted by Gasteiger charge is 2.27. The Morgan fingerprint density at radius 1 is 1.32 bits per heavy atom. The Labute approximate surface area is 111 Å². The first kappa shape index (κ1) is 15.0. The number of likely N-dealkylation sites (N-methyl/N-ethyl adjacent to an activating group) is 1. The van der Waals surface area contributed by atoms with E-state index in [1.54, 1.807) is 0 Å². The van der Waals surface area contributed by atoms with Gasteiger partial charge in [-0.05, 0) is 5.56 Å². The largest absolute Gasteiger partial charge is 0.467 e.